The summed E-state index contributed by atoms with van der Waals surface area (Å²) in [6.07, 6.45) is 0. The molecule has 0 spiro atoms. The molecule has 1 amide bonds. The van der Waals surface area contributed by atoms with Crippen LogP contribution in [-0.2, 0) is 11.5 Å². The summed E-state index contributed by atoms with van der Waals surface area (Å²) < 4.78 is 19.3. The van der Waals surface area contributed by atoms with E-state index in [-0.39, 0.29) is 16.8 Å². The van der Waals surface area contributed by atoms with Crippen LogP contribution in [0, 0.1) is 20.2 Å². The topological polar surface area (TPSA) is 151 Å². The zero-order chi connectivity index (χ0) is 20.6. The van der Waals surface area contributed by atoms with E-state index in [9.17, 15) is 34.2 Å². The lowest BCUT2D eigenvalue weighted by Crippen LogP contribution is -2.15. The van der Waals surface area contributed by atoms with E-state index in [2.05, 4.69) is 5.32 Å². The third kappa shape index (κ3) is 3.06. The van der Waals surface area contributed by atoms with Gasteiger partial charge >= 0.3 is 11.4 Å². The van der Waals surface area contributed by atoms with E-state index in [1.165, 1.54) is 25.1 Å². The molecule has 28 heavy (non-hydrogen) atoms. The first-order valence-electron chi connectivity index (χ1n) is 7.68. The van der Waals surface area contributed by atoms with E-state index in [4.69, 9.17) is 4.42 Å². The number of anilines is 1. The molecule has 1 aromatic heterocycles. The lowest BCUT2D eigenvalue weighted by Gasteiger charge is -2.08. The number of halogens is 1. The number of nitro groups is 2. The van der Waals surface area contributed by atoms with Gasteiger partial charge in [-0.25, -0.2) is 13.8 Å². The predicted molar refractivity (Wildman–Crippen MR) is 94.2 cm³/mol. The van der Waals surface area contributed by atoms with Gasteiger partial charge in [-0.2, -0.15) is 0 Å². The number of rotatable bonds is 5. The van der Waals surface area contributed by atoms with Crippen molar-refractivity contribution in [3.8, 4) is 5.69 Å². The minimum atomic E-state index is -1.48. The number of oxazole rings is 1. The minimum Gasteiger partial charge on any atom is -0.407 e. The van der Waals surface area contributed by atoms with Crippen molar-refractivity contribution in [2.75, 3.05) is 5.32 Å². The molecule has 0 bridgehead atoms. The zero-order valence-corrected chi connectivity index (χ0v) is 14.2. The Balaban J connectivity index is 2.37. The van der Waals surface area contributed by atoms with Gasteiger partial charge in [0.25, 0.3) is 5.69 Å². The van der Waals surface area contributed by atoms with Crippen molar-refractivity contribution in [2.45, 2.75) is 13.6 Å². The maximum Gasteiger partial charge on any atom is 0.424 e. The molecule has 3 aromatic rings. The quantitative estimate of drug-likeness (QED) is 0.519. The molecule has 0 aliphatic heterocycles. The first-order chi connectivity index (χ1) is 13.2. The van der Waals surface area contributed by atoms with Crippen LogP contribution in [0.3, 0.4) is 0 Å². The van der Waals surface area contributed by atoms with Gasteiger partial charge in [-0.15, -0.1) is 0 Å². The molecule has 0 fully saturated rings. The number of alkyl halides is 1. The van der Waals surface area contributed by atoms with Crippen LogP contribution >= 0.6 is 0 Å². The number of nitrogens with zero attached hydrogens (tertiary/aromatic N) is 3. The molecule has 1 N–H and O–H groups in total. The van der Waals surface area contributed by atoms with Crippen LogP contribution < -0.4 is 11.1 Å². The van der Waals surface area contributed by atoms with Gasteiger partial charge in [-0.05, 0) is 24.3 Å². The van der Waals surface area contributed by atoms with Crippen molar-refractivity contribution in [1.29, 1.82) is 0 Å². The summed E-state index contributed by atoms with van der Waals surface area (Å²) in [4.78, 5) is 44.2. The molecular formula is C16H11FN4O7. The number of nitrogens with one attached hydrogen (secondary N) is 1. The van der Waals surface area contributed by atoms with Gasteiger partial charge in [0.1, 0.15) is 17.9 Å². The average Bonchev–Trinajstić information content (AvgIpc) is 2.94. The molecule has 0 saturated heterocycles. The van der Waals surface area contributed by atoms with Crippen molar-refractivity contribution >= 4 is 34.1 Å². The van der Waals surface area contributed by atoms with Crippen LogP contribution in [0.1, 0.15) is 12.5 Å². The molecule has 144 valence electrons. The summed E-state index contributed by atoms with van der Waals surface area (Å²) in [7, 11) is 0. The first-order valence-corrected chi connectivity index (χ1v) is 7.68. The largest absolute Gasteiger partial charge is 0.424 e. The SMILES string of the molecule is CC(=O)Nc1ccc2oc(=O)n(-c3ccc([N+](=O)[O-])c(CF)c3[N+](=O)[O-])c2c1. The first kappa shape index (κ1) is 18.7. The fourth-order valence-electron chi connectivity index (χ4n) is 2.83. The summed E-state index contributed by atoms with van der Waals surface area (Å²) in [5.74, 6) is -1.41. The van der Waals surface area contributed by atoms with Gasteiger partial charge in [-0.1, -0.05) is 0 Å². The van der Waals surface area contributed by atoms with Gasteiger partial charge in [-0.3, -0.25) is 25.0 Å². The average molecular weight is 390 g/mol. The molecule has 12 heteroatoms. The Kier molecular flexibility index (Phi) is 4.61. The monoisotopic (exact) mass is 390 g/mol. The Morgan fingerprint density at radius 3 is 2.50 bits per heavy atom. The molecule has 0 atom stereocenters. The second kappa shape index (κ2) is 6.90. The van der Waals surface area contributed by atoms with Crippen molar-refractivity contribution in [3.63, 3.8) is 0 Å². The molecule has 0 radical (unpaired) electrons. The van der Waals surface area contributed by atoms with Gasteiger partial charge < -0.3 is 9.73 Å². The van der Waals surface area contributed by atoms with E-state index in [0.29, 0.717) is 0 Å². The Hall–Kier alpha value is -4.09. The van der Waals surface area contributed by atoms with Gasteiger partial charge in [0.15, 0.2) is 5.58 Å². The fourth-order valence-corrected chi connectivity index (χ4v) is 2.83. The van der Waals surface area contributed by atoms with Crippen molar-refractivity contribution in [2.24, 2.45) is 0 Å². The Labute approximate surface area is 154 Å². The number of amides is 1. The summed E-state index contributed by atoms with van der Waals surface area (Å²) in [5, 5.41) is 25.1. The van der Waals surface area contributed by atoms with E-state index in [0.717, 1.165) is 16.7 Å². The normalized spacial score (nSPS) is 10.8. The highest BCUT2D eigenvalue weighted by molar-refractivity contribution is 5.91. The molecule has 11 nitrogen and oxygen atoms in total. The van der Waals surface area contributed by atoms with E-state index in [1.807, 2.05) is 0 Å². The standard InChI is InChI=1S/C16H11FN4O7/c1-8(22)18-9-2-5-14-13(6-9)19(16(23)28-14)12-4-3-11(20(24)25)10(7-17)15(12)21(26)27/h2-6H,7H2,1H3,(H,18,22). The third-order valence-electron chi connectivity index (χ3n) is 3.89. The number of nitro benzene ring substituents is 2. The highest BCUT2D eigenvalue weighted by Crippen LogP contribution is 2.36. The van der Waals surface area contributed by atoms with Crippen molar-refractivity contribution < 1.29 is 23.4 Å². The van der Waals surface area contributed by atoms with Crippen LogP contribution in [0.4, 0.5) is 21.5 Å². The maximum absolute atomic E-state index is 13.4. The van der Waals surface area contributed by atoms with Gasteiger partial charge in [0, 0.05) is 18.7 Å². The highest BCUT2D eigenvalue weighted by atomic mass is 19.1. The summed E-state index contributed by atoms with van der Waals surface area (Å²) in [5.41, 5.74) is -2.49. The third-order valence-corrected chi connectivity index (χ3v) is 3.89. The zero-order valence-electron chi connectivity index (χ0n) is 14.2. The summed E-state index contributed by atoms with van der Waals surface area (Å²) >= 11 is 0. The molecule has 0 aliphatic rings. The van der Waals surface area contributed by atoms with E-state index < -0.39 is 50.8 Å². The Morgan fingerprint density at radius 2 is 1.93 bits per heavy atom. The second-order valence-corrected chi connectivity index (χ2v) is 5.65. The van der Waals surface area contributed by atoms with Gasteiger partial charge in [0.2, 0.25) is 5.91 Å². The number of carbonyl (C=O) groups excluding carboxylic acids is 1. The lowest BCUT2D eigenvalue weighted by atomic mass is 10.1. The minimum absolute atomic E-state index is 0.0496. The number of carbonyl (C=O) groups is 1. The second-order valence-electron chi connectivity index (χ2n) is 5.65. The number of benzene rings is 2. The highest BCUT2D eigenvalue weighted by Gasteiger charge is 2.31. The van der Waals surface area contributed by atoms with Crippen LogP contribution in [0.2, 0.25) is 0 Å². The molecule has 0 unspecified atom stereocenters. The number of aromatic nitrogens is 1. The number of hydrogen-bond donors (Lipinski definition) is 1. The predicted octanol–water partition coefficient (Wildman–Crippen LogP) is 2.83. The number of fused-ring (bicyclic) bond motifs is 1. The molecule has 1 heterocycles. The van der Waals surface area contributed by atoms with Gasteiger partial charge in [0.05, 0.1) is 15.4 Å². The molecule has 0 aliphatic carbocycles. The van der Waals surface area contributed by atoms with Crippen LogP contribution in [-0.4, -0.2) is 20.3 Å². The van der Waals surface area contributed by atoms with Crippen LogP contribution in [0.5, 0.6) is 0 Å². The molecular weight excluding hydrogens is 379 g/mol. The molecule has 3 rings (SSSR count). The fraction of sp³-hybridized carbons (Fsp3) is 0.125. The molecule has 0 saturated carbocycles. The van der Waals surface area contributed by atoms with Crippen molar-refractivity contribution in [3.05, 3.63) is 66.7 Å². The smallest absolute Gasteiger partial charge is 0.407 e. The Morgan fingerprint density at radius 1 is 1.21 bits per heavy atom. The molecule has 2 aromatic carbocycles. The van der Waals surface area contributed by atoms with Crippen LogP contribution in [0.15, 0.2) is 39.5 Å². The Bertz CT molecular complexity index is 1200. The summed E-state index contributed by atoms with van der Waals surface area (Å²) in [6, 6.07) is 6.00. The van der Waals surface area contributed by atoms with E-state index in [1.54, 1.807) is 0 Å². The number of hydrogen-bond acceptors (Lipinski definition) is 7. The lowest BCUT2D eigenvalue weighted by molar-refractivity contribution is -0.395. The van der Waals surface area contributed by atoms with Crippen LogP contribution in [0.25, 0.3) is 16.8 Å². The van der Waals surface area contributed by atoms with E-state index >= 15 is 0 Å². The summed E-state index contributed by atoms with van der Waals surface area (Å²) in [6.45, 7) is -0.219. The maximum atomic E-state index is 13.4. The van der Waals surface area contributed by atoms with Crippen molar-refractivity contribution in [1.82, 2.24) is 4.57 Å².